The quantitative estimate of drug-likeness (QED) is 0.640. The van der Waals surface area contributed by atoms with Crippen molar-refractivity contribution in [1.29, 1.82) is 0 Å². The second kappa shape index (κ2) is 3.37. The van der Waals surface area contributed by atoms with Gasteiger partial charge in [-0.1, -0.05) is 44.2 Å². The van der Waals surface area contributed by atoms with E-state index in [-0.39, 0.29) is 0 Å². The van der Waals surface area contributed by atoms with E-state index in [1.807, 2.05) is 0 Å². The van der Waals surface area contributed by atoms with Gasteiger partial charge in [-0.25, -0.2) is 0 Å². The van der Waals surface area contributed by atoms with Gasteiger partial charge in [0.25, 0.3) is 0 Å². The molecular weight excluding hydrogens is 180 g/mol. The summed E-state index contributed by atoms with van der Waals surface area (Å²) in [7, 11) is 0. The summed E-state index contributed by atoms with van der Waals surface area (Å²) >= 11 is 0. The molecule has 0 heterocycles. The number of benzene rings is 1. The third kappa shape index (κ3) is 1.34. The van der Waals surface area contributed by atoms with Crippen molar-refractivity contribution in [3.63, 3.8) is 0 Å². The zero-order chi connectivity index (χ0) is 10.4. The van der Waals surface area contributed by atoms with E-state index in [1.165, 1.54) is 12.8 Å². The molecule has 2 aliphatic carbocycles. The first-order valence-electron chi connectivity index (χ1n) is 6.32. The topological polar surface area (TPSA) is 0 Å². The molecule has 0 radical (unpaired) electrons. The van der Waals surface area contributed by atoms with Crippen LogP contribution in [0.3, 0.4) is 0 Å². The molecule has 0 aliphatic heterocycles. The molecule has 0 aromatic heterocycles. The maximum Gasteiger partial charge on any atom is -0.0128 e. The number of fused-ring (bicyclic) bond motifs is 2. The van der Waals surface area contributed by atoms with E-state index in [1.54, 1.807) is 5.56 Å². The van der Waals surface area contributed by atoms with Crippen LogP contribution in [-0.4, -0.2) is 0 Å². The maximum atomic E-state index is 2.46. The van der Waals surface area contributed by atoms with Crippen LogP contribution in [0.4, 0.5) is 0 Å². The van der Waals surface area contributed by atoms with E-state index < -0.39 is 0 Å². The second-order valence-electron chi connectivity index (χ2n) is 5.63. The largest absolute Gasteiger partial charge is 0.0622 e. The van der Waals surface area contributed by atoms with Crippen LogP contribution in [-0.2, 0) is 0 Å². The molecule has 3 rings (SSSR count). The second-order valence-corrected chi connectivity index (χ2v) is 5.63. The molecule has 0 spiro atoms. The first kappa shape index (κ1) is 9.45. The average molecular weight is 200 g/mol. The summed E-state index contributed by atoms with van der Waals surface area (Å²) < 4.78 is 0. The first-order valence-corrected chi connectivity index (χ1v) is 6.32. The van der Waals surface area contributed by atoms with Crippen LogP contribution >= 0.6 is 0 Å². The highest BCUT2D eigenvalue weighted by Crippen LogP contribution is 2.58. The standard InChI is InChI=1S/C15H20/c1-10-11(2)14-8-13(10)9-15(14)12-6-4-3-5-7-12/h3-7,10-11,13-15H,8-9H2,1-2H3/t10?,11?,13-,14-,15-/m1/s1. The Kier molecular flexibility index (Phi) is 2.12. The molecule has 1 aromatic rings. The lowest BCUT2D eigenvalue weighted by Crippen LogP contribution is -2.22. The third-order valence-electron chi connectivity index (χ3n) is 5.12. The minimum Gasteiger partial charge on any atom is -0.0622 e. The number of hydrogen-bond donors (Lipinski definition) is 0. The lowest BCUT2D eigenvalue weighted by molar-refractivity contribution is 0.232. The summed E-state index contributed by atoms with van der Waals surface area (Å²) in [5.41, 5.74) is 1.59. The van der Waals surface area contributed by atoms with Crippen LogP contribution in [0.25, 0.3) is 0 Å². The van der Waals surface area contributed by atoms with Crippen LogP contribution in [0.5, 0.6) is 0 Å². The van der Waals surface area contributed by atoms with Crippen LogP contribution in [0, 0.1) is 23.7 Å². The summed E-state index contributed by atoms with van der Waals surface area (Å²) in [6, 6.07) is 11.2. The smallest absolute Gasteiger partial charge is 0.0128 e. The highest BCUT2D eigenvalue weighted by Gasteiger charge is 2.48. The van der Waals surface area contributed by atoms with Crippen molar-refractivity contribution in [2.45, 2.75) is 32.6 Å². The minimum atomic E-state index is 0.863. The summed E-state index contributed by atoms with van der Waals surface area (Å²) in [5, 5.41) is 0. The zero-order valence-corrected chi connectivity index (χ0v) is 9.69. The molecule has 80 valence electrons. The molecule has 0 nitrogen and oxygen atoms in total. The van der Waals surface area contributed by atoms with Gasteiger partial charge in [-0.3, -0.25) is 0 Å². The molecule has 2 fully saturated rings. The molecule has 5 atom stereocenters. The van der Waals surface area contributed by atoms with Gasteiger partial charge in [0.2, 0.25) is 0 Å². The molecule has 2 bridgehead atoms. The number of rotatable bonds is 1. The number of hydrogen-bond acceptors (Lipinski definition) is 0. The fourth-order valence-corrected chi connectivity index (χ4v) is 4.02. The van der Waals surface area contributed by atoms with E-state index >= 15 is 0 Å². The molecule has 0 heteroatoms. The Hall–Kier alpha value is -0.780. The Morgan fingerprint density at radius 1 is 0.933 bits per heavy atom. The van der Waals surface area contributed by atoms with Crippen molar-refractivity contribution in [2.75, 3.05) is 0 Å². The molecule has 15 heavy (non-hydrogen) atoms. The highest BCUT2D eigenvalue weighted by molar-refractivity contribution is 5.23. The molecule has 0 saturated heterocycles. The Balaban J connectivity index is 1.87. The molecule has 2 saturated carbocycles. The van der Waals surface area contributed by atoms with Gasteiger partial charge >= 0.3 is 0 Å². The zero-order valence-electron chi connectivity index (χ0n) is 9.69. The Morgan fingerprint density at radius 2 is 1.67 bits per heavy atom. The maximum absolute atomic E-state index is 2.46. The SMILES string of the molecule is CC1C(C)[C@H]2C[C@@H]1C[C@@H]2c1ccccc1. The van der Waals surface area contributed by atoms with E-state index in [0.717, 1.165) is 29.6 Å². The van der Waals surface area contributed by atoms with Crippen LogP contribution < -0.4 is 0 Å². The summed E-state index contributed by atoms with van der Waals surface area (Å²) in [6.45, 7) is 4.92. The average Bonchev–Trinajstić information content (AvgIpc) is 2.82. The normalized spacial score (nSPS) is 43.5. The van der Waals surface area contributed by atoms with Gasteiger partial charge in [0.05, 0.1) is 0 Å². The monoisotopic (exact) mass is 200 g/mol. The van der Waals surface area contributed by atoms with Crippen molar-refractivity contribution in [1.82, 2.24) is 0 Å². The van der Waals surface area contributed by atoms with Gasteiger partial charge in [-0.2, -0.15) is 0 Å². The van der Waals surface area contributed by atoms with Gasteiger partial charge in [0.15, 0.2) is 0 Å². The molecule has 2 aliphatic rings. The van der Waals surface area contributed by atoms with E-state index in [9.17, 15) is 0 Å². The van der Waals surface area contributed by atoms with Gasteiger partial charge in [-0.15, -0.1) is 0 Å². The van der Waals surface area contributed by atoms with Gasteiger partial charge < -0.3 is 0 Å². The Morgan fingerprint density at radius 3 is 2.27 bits per heavy atom. The Labute approximate surface area is 92.7 Å². The van der Waals surface area contributed by atoms with Gasteiger partial charge in [-0.05, 0) is 48.0 Å². The molecule has 2 unspecified atom stereocenters. The predicted octanol–water partition coefficient (Wildman–Crippen LogP) is 4.08. The lowest BCUT2D eigenvalue weighted by atomic mass is 9.73. The van der Waals surface area contributed by atoms with Crippen molar-refractivity contribution >= 4 is 0 Å². The predicted molar refractivity (Wildman–Crippen MR) is 63.7 cm³/mol. The summed E-state index contributed by atoms with van der Waals surface area (Å²) in [5.74, 6) is 4.74. The van der Waals surface area contributed by atoms with Crippen LogP contribution in [0.15, 0.2) is 30.3 Å². The van der Waals surface area contributed by atoms with Crippen molar-refractivity contribution in [2.24, 2.45) is 23.7 Å². The highest BCUT2D eigenvalue weighted by atomic mass is 14.5. The minimum absolute atomic E-state index is 0.863. The summed E-state index contributed by atoms with van der Waals surface area (Å²) in [6.07, 6.45) is 2.93. The van der Waals surface area contributed by atoms with Crippen molar-refractivity contribution in [3.8, 4) is 0 Å². The molecule has 0 N–H and O–H groups in total. The molecular formula is C15H20. The van der Waals surface area contributed by atoms with Crippen molar-refractivity contribution < 1.29 is 0 Å². The van der Waals surface area contributed by atoms with E-state index in [0.29, 0.717) is 0 Å². The van der Waals surface area contributed by atoms with Gasteiger partial charge in [0, 0.05) is 0 Å². The lowest BCUT2D eigenvalue weighted by Gasteiger charge is -2.32. The van der Waals surface area contributed by atoms with E-state index in [2.05, 4.69) is 44.2 Å². The molecule has 0 amide bonds. The summed E-state index contributed by atoms with van der Waals surface area (Å²) in [4.78, 5) is 0. The molecule has 1 aromatic carbocycles. The van der Waals surface area contributed by atoms with Crippen LogP contribution in [0.2, 0.25) is 0 Å². The fraction of sp³-hybridized carbons (Fsp3) is 0.600. The third-order valence-corrected chi connectivity index (χ3v) is 5.12. The first-order chi connectivity index (χ1) is 7.27. The van der Waals surface area contributed by atoms with Crippen LogP contribution in [0.1, 0.15) is 38.2 Å². The fourth-order valence-electron chi connectivity index (χ4n) is 4.02. The van der Waals surface area contributed by atoms with E-state index in [4.69, 9.17) is 0 Å². The Bertz CT molecular complexity index is 338. The van der Waals surface area contributed by atoms with Crippen molar-refractivity contribution in [3.05, 3.63) is 35.9 Å². The van der Waals surface area contributed by atoms with Gasteiger partial charge in [0.1, 0.15) is 0 Å².